The van der Waals surface area contributed by atoms with Gasteiger partial charge in [0.25, 0.3) is 0 Å². The number of alkyl halides is 3. The van der Waals surface area contributed by atoms with E-state index in [1.54, 1.807) is 12.1 Å². The summed E-state index contributed by atoms with van der Waals surface area (Å²) in [5.74, 6) is -0.706. The second-order valence-electron chi connectivity index (χ2n) is 14.9. The summed E-state index contributed by atoms with van der Waals surface area (Å²) in [4.78, 5) is 19.9. The van der Waals surface area contributed by atoms with Crippen molar-refractivity contribution >= 4 is 14.1 Å². The molecule has 0 unspecified atom stereocenters. The summed E-state index contributed by atoms with van der Waals surface area (Å²) in [5, 5.41) is -0.0686. The van der Waals surface area contributed by atoms with Gasteiger partial charge in [-0.2, -0.15) is 13.2 Å². The monoisotopic (exact) mass is 625 g/mol. The fourth-order valence-electron chi connectivity index (χ4n) is 6.51. The van der Waals surface area contributed by atoms with E-state index in [0.717, 1.165) is 55.5 Å². The molecule has 8 heteroatoms. The topological polar surface area (TPSA) is 39.2 Å². The molecule has 44 heavy (non-hydrogen) atoms. The molecule has 2 aromatic carbocycles. The Kier molecular flexibility index (Phi) is 8.51. The van der Waals surface area contributed by atoms with E-state index >= 15 is 0 Å². The quantitative estimate of drug-likeness (QED) is 0.155. The average molecular weight is 626 g/mol. The lowest BCUT2D eigenvalue weighted by molar-refractivity contribution is -0.137. The molecule has 0 N–H and O–H groups in total. The third kappa shape index (κ3) is 6.43. The number of carbonyl (C=O) groups is 1. The van der Waals surface area contributed by atoms with Crippen LogP contribution in [0.25, 0.3) is 11.1 Å². The van der Waals surface area contributed by atoms with Crippen LogP contribution >= 0.6 is 0 Å². The molecule has 0 bridgehead atoms. The first kappa shape index (κ1) is 32.5. The van der Waals surface area contributed by atoms with Gasteiger partial charge in [-0.15, -0.1) is 0 Å². The molecule has 3 aromatic rings. The van der Waals surface area contributed by atoms with E-state index in [0.29, 0.717) is 28.8 Å². The lowest BCUT2D eigenvalue weighted by Gasteiger charge is -2.45. The summed E-state index contributed by atoms with van der Waals surface area (Å²) in [6, 6.07) is 10.6. The first-order valence-electron chi connectivity index (χ1n) is 15.6. The Morgan fingerprint density at radius 1 is 0.955 bits per heavy atom. The van der Waals surface area contributed by atoms with E-state index in [9.17, 15) is 22.4 Å². The van der Waals surface area contributed by atoms with Crippen LogP contribution in [0.1, 0.15) is 117 Å². The van der Waals surface area contributed by atoms with Crippen molar-refractivity contribution in [2.45, 2.75) is 109 Å². The molecule has 5 rings (SSSR count). The maximum atomic E-state index is 14.6. The Bertz CT molecular complexity index is 1530. The lowest BCUT2D eigenvalue weighted by atomic mass is 9.71. The zero-order chi connectivity index (χ0) is 32.2. The minimum absolute atomic E-state index is 0.0534. The molecular weight excluding hydrogens is 582 g/mol. The Labute approximate surface area is 259 Å². The van der Waals surface area contributed by atoms with Crippen molar-refractivity contribution in [3.63, 3.8) is 0 Å². The number of hydrogen-bond acceptors (Lipinski definition) is 3. The molecule has 236 valence electrons. The van der Waals surface area contributed by atoms with Crippen LogP contribution in [0, 0.1) is 11.2 Å². The molecule has 2 aliphatic carbocycles. The first-order valence-corrected chi connectivity index (χ1v) is 18.5. The zero-order valence-corrected chi connectivity index (χ0v) is 27.8. The zero-order valence-electron chi connectivity index (χ0n) is 26.8. The van der Waals surface area contributed by atoms with Crippen molar-refractivity contribution in [1.82, 2.24) is 4.98 Å². The summed E-state index contributed by atoms with van der Waals surface area (Å²) < 4.78 is 61.6. The van der Waals surface area contributed by atoms with Crippen LogP contribution in [-0.2, 0) is 17.0 Å². The molecule has 1 atom stereocenters. The molecular formula is C36H43F4NO2Si. The van der Waals surface area contributed by atoms with Crippen molar-refractivity contribution in [3.8, 4) is 11.1 Å². The molecule has 1 saturated carbocycles. The van der Waals surface area contributed by atoms with Gasteiger partial charge in [0.2, 0.25) is 0 Å². The molecule has 3 nitrogen and oxygen atoms in total. The minimum atomic E-state index is -4.51. The predicted molar refractivity (Wildman–Crippen MR) is 169 cm³/mol. The summed E-state index contributed by atoms with van der Waals surface area (Å²) in [7, 11) is -2.31. The summed E-state index contributed by atoms with van der Waals surface area (Å²) in [5.41, 5.74) is 3.48. The number of fused-ring (bicyclic) bond motifs is 1. The van der Waals surface area contributed by atoms with Crippen molar-refractivity contribution in [2.24, 2.45) is 5.41 Å². The Hall–Kier alpha value is -2.84. The Morgan fingerprint density at radius 2 is 1.55 bits per heavy atom. The van der Waals surface area contributed by atoms with Gasteiger partial charge in [0.1, 0.15) is 5.82 Å². The Morgan fingerprint density at radius 3 is 2.09 bits per heavy atom. The number of rotatable bonds is 6. The van der Waals surface area contributed by atoms with Gasteiger partial charge < -0.3 is 4.43 Å². The fourth-order valence-corrected chi connectivity index (χ4v) is 7.77. The van der Waals surface area contributed by atoms with Gasteiger partial charge in [0.05, 0.1) is 22.9 Å². The molecule has 0 amide bonds. The minimum Gasteiger partial charge on any atom is -0.410 e. The number of halogens is 4. The number of hydrogen-bond donors (Lipinski definition) is 0. The summed E-state index contributed by atoms with van der Waals surface area (Å²) in [6.07, 6.45) is 0.368. The molecule has 0 aliphatic heterocycles. The molecule has 1 heterocycles. The van der Waals surface area contributed by atoms with E-state index in [4.69, 9.17) is 9.41 Å². The largest absolute Gasteiger partial charge is 0.416 e. The van der Waals surface area contributed by atoms with Gasteiger partial charge in [-0.1, -0.05) is 71.7 Å². The van der Waals surface area contributed by atoms with E-state index < -0.39 is 25.9 Å². The second-order valence-corrected chi connectivity index (χ2v) is 19.7. The maximum Gasteiger partial charge on any atom is 0.416 e. The van der Waals surface area contributed by atoms with E-state index in [1.807, 2.05) is 0 Å². The van der Waals surface area contributed by atoms with Gasteiger partial charge >= 0.3 is 6.18 Å². The average Bonchev–Trinajstić information content (AvgIpc) is 3.45. The van der Waals surface area contributed by atoms with Crippen LogP contribution < -0.4 is 0 Å². The van der Waals surface area contributed by atoms with Gasteiger partial charge in [-0.05, 0) is 79.1 Å². The molecule has 0 spiro atoms. The number of benzene rings is 2. The number of nitrogens with zero attached hydrogens (tertiary/aromatic N) is 1. The third-order valence-corrected chi connectivity index (χ3v) is 14.4. The number of carbonyl (C=O) groups excluding carboxylic acids is 1. The van der Waals surface area contributed by atoms with Crippen LogP contribution in [0.5, 0.6) is 0 Å². The Balaban J connectivity index is 1.82. The highest BCUT2D eigenvalue weighted by Crippen LogP contribution is 2.52. The molecule has 1 fully saturated rings. The first-order chi connectivity index (χ1) is 20.4. The number of pyridine rings is 1. The van der Waals surface area contributed by atoms with Crippen molar-refractivity contribution in [2.75, 3.05) is 0 Å². The van der Waals surface area contributed by atoms with Gasteiger partial charge in [0, 0.05) is 28.3 Å². The van der Waals surface area contributed by atoms with E-state index in [2.05, 4.69) is 47.7 Å². The van der Waals surface area contributed by atoms with Crippen LogP contribution in [0.4, 0.5) is 17.6 Å². The van der Waals surface area contributed by atoms with Crippen molar-refractivity contribution in [3.05, 3.63) is 88.0 Å². The van der Waals surface area contributed by atoms with Gasteiger partial charge in [0.15, 0.2) is 14.1 Å². The maximum absolute atomic E-state index is 14.6. The SMILES string of the molecule is CC1(C)Cc2nc(C3CCCC3)c(C(=O)c3ccc(C(F)(F)F)cc3)c(-c3ccc(F)cc3)c2[C@@H](O[Si](C)(C)C(C)(C)C)C1. The van der Waals surface area contributed by atoms with Crippen LogP contribution in [0.15, 0.2) is 48.5 Å². The van der Waals surface area contributed by atoms with Crippen LogP contribution in [0.3, 0.4) is 0 Å². The number of ketones is 1. The highest BCUT2D eigenvalue weighted by atomic mass is 28.4. The number of aromatic nitrogens is 1. The van der Waals surface area contributed by atoms with E-state index in [1.165, 1.54) is 24.3 Å². The normalized spacial score (nSPS) is 19.2. The predicted octanol–water partition coefficient (Wildman–Crippen LogP) is 10.8. The van der Waals surface area contributed by atoms with Crippen LogP contribution in [-0.4, -0.2) is 19.1 Å². The fraction of sp³-hybridized carbons (Fsp3) is 0.500. The lowest BCUT2D eigenvalue weighted by Crippen LogP contribution is -2.44. The highest BCUT2D eigenvalue weighted by Gasteiger charge is 2.45. The highest BCUT2D eigenvalue weighted by molar-refractivity contribution is 6.74. The molecule has 2 aliphatic rings. The van der Waals surface area contributed by atoms with Gasteiger partial charge in [-0.3, -0.25) is 9.78 Å². The summed E-state index contributed by atoms with van der Waals surface area (Å²) >= 11 is 0. The molecule has 0 radical (unpaired) electrons. The molecule has 0 saturated heterocycles. The smallest absolute Gasteiger partial charge is 0.410 e. The third-order valence-electron chi connectivity index (χ3n) is 9.87. The van der Waals surface area contributed by atoms with Crippen LogP contribution in [0.2, 0.25) is 18.1 Å². The van der Waals surface area contributed by atoms with Crippen molar-refractivity contribution in [1.29, 1.82) is 0 Å². The van der Waals surface area contributed by atoms with Crippen molar-refractivity contribution < 1.29 is 26.8 Å². The van der Waals surface area contributed by atoms with E-state index in [-0.39, 0.29) is 33.8 Å². The standard InChI is InChI=1S/C36H43F4NO2Si/c1-34(2,3)44(6,7)43-28-21-35(4,5)20-27-30(28)29(22-14-18-26(37)19-15-22)31(32(41-27)23-10-8-9-11-23)33(42)24-12-16-25(17-13-24)36(38,39)40/h12-19,23,28H,8-11,20-21H2,1-7H3/t28-/m0/s1. The van der Waals surface area contributed by atoms with Gasteiger partial charge in [-0.25, -0.2) is 4.39 Å². The molecule has 1 aromatic heterocycles. The second kappa shape index (κ2) is 11.5. The summed E-state index contributed by atoms with van der Waals surface area (Å²) in [6.45, 7) is 15.4.